The lowest BCUT2D eigenvalue weighted by Crippen LogP contribution is -2.49. The van der Waals surface area contributed by atoms with E-state index in [0.29, 0.717) is 19.7 Å². The molecular weight excluding hydrogens is 190 g/mol. The molecule has 0 amide bonds. The van der Waals surface area contributed by atoms with Crippen molar-refractivity contribution in [2.75, 3.05) is 39.8 Å². The molecule has 0 aromatic carbocycles. The van der Waals surface area contributed by atoms with Gasteiger partial charge in [-0.15, -0.1) is 0 Å². The highest BCUT2D eigenvalue weighted by Crippen LogP contribution is 2.16. The van der Waals surface area contributed by atoms with Crippen LogP contribution in [0, 0.1) is 0 Å². The summed E-state index contributed by atoms with van der Waals surface area (Å²) in [6.07, 6.45) is 0.0640. The van der Waals surface area contributed by atoms with Gasteiger partial charge in [0, 0.05) is 13.1 Å². The second kappa shape index (κ2) is 5.00. The normalized spacial score (nSPS) is 25.3. The van der Waals surface area contributed by atoms with Crippen molar-refractivity contribution in [3.63, 3.8) is 0 Å². The van der Waals surface area contributed by atoms with Crippen LogP contribution in [0.4, 0.5) is 8.78 Å². The van der Waals surface area contributed by atoms with E-state index in [-0.39, 0.29) is 19.2 Å². The summed E-state index contributed by atoms with van der Waals surface area (Å²) in [7, 11) is 1.54. The fourth-order valence-corrected chi connectivity index (χ4v) is 1.68. The molecule has 1 aliphatic heterocycles. The second-order valence-corrected chi connectivity index (χ2v) is 3.80. The number of hydrogen-bond donors (Lipinski definition) is 1. The highest BCUT2D eigenvalue weighted by Gasteiger charge is 2.32. The van der Waals surface area contributed by atoms with Gasteiger partial charge in [-0.05, 0) is 14.0 Å². The van der Waals surface area contributed by atoms with Gasteiger partial charge in [0.05, 0.1) is 25.8 Å². The summed E-state index contributed by atoms with van der Waals surface area (Å²) in [6, 6.07) is 0. The molecule has 1 aliphatic rings. The molecule has 5 heteroatoms. The summed E-state index contributed by atoms with van der Waals surface area (Å²) in [6.45, 7) is 3.21. The molecule has 14 heavy (non-hydrogen) atoms. The molecule has 1 fully saturated rings. The Kier molecular flexibility index (Phi) is 4.22. The molecule has 0 aliphatic carbocycles. The molecule has 1 heterocycles. The Bertz CT molecular complexity index is 178. The number of rotatable bonds is 4. The summed E-state index contributed by atoms with van der Waals surface area (Å²) in [5.41, 5.74) is 0. The summed E-state index contributed by atoms with van der Waals surface area (Å²) in [5, 5.41) is 2.50. The van der Waals surface area contributed by atoms with Crippen LogP contribution in [0.15, 0.2) is 0 Å². The van der Waals surface area contributed by atoms with Crippen LogP contribution in [0.2, 0.25) is 0 Å². The van der Waals surface area contributed by atoms with Crippen LogP contribution in [0.5, 0.6) is 0 Å². The van der Waals surface area contributed by atoms with E-state index in [0.717, 1.165) is 0 Å². The first-order valence-corrected chi connectivity index (χ1v) is 4.90. The van der Waals surface area contributed by atoms with Gasteiger partial charge in [0.25, 0.3) is 5.92 Å². The third-order valence-electron chi connectivity index (χ3n) is 2.22. The highest BCUT2D eigenvalue weighted by atomic mass is 19.3. The Morgan fingerprint density at radius 2 is 2.29 bits per heavy atom. The maximum absolute atomic E-state index is 13.2. The third kappa shape index (κ3) is 3.86. The number of alkyl halides is 2. The smallest absolute Gasteiger partial charge is 0.272 e. The quantitative estimate of drug-likeness (QED) is 0.730. The third-order valence-corrected chi connectivity index (χ3v) is 2.22. The minimum atomic E-state index is -2.65. The first-order valence-electron chi connectivity index (χ1n) is 4.90. The van der Waals surface area contributed by atoms with Gasteiger partial charge in [-0.3, -0.25) is 4.90 Å². The van der Waals surface area contributed by atoms with Crippen LogP contribution in [0.25, 0.3) is 0 Å². The predicted octanol–water partition coefficient (Wildman–Crippen LogP) is 0.562. The zero-order valence-corrected chi connectivity index (χ0v) is 8.72. The van der Waals surface area contributed by atoms with Crippen LogP contribution in [0.3, 0.4) is 0 Å². The SMILES string of the molecule is CNCC(F)(F)CN1CCOC(C)C1. The summed E-state index contributed by atoms with van der Waals surface area (Å²) in [4.78, 5) is 1.76. The molecule has 1 saturated heterocycles. The van der Waals surface area contributed by atoms with Crippen molar-refractivity contribution >= 4 is 0 Å². The summed E-state index contributed by atoms with van der Waals surface area (Å²) >= 11 is 0. The predicted molar refractivity (Wildman–Crippen MR) is 50.7 cm³/mol. The lowest BCUT2D eigenvalue weighted by molar-refractivity contribution is -0.0739. The number of hydrogen-bond acceptors (Lipinski definition) is 3. The molecule has 0 aromatic heterocycles. The Morgan fingerprint density at radius 1 is 1.57 bits per heavy atom. The summed E-state index contributed by atoms with van der Waals surface area (Å²) < 4.78 is 31.7. The summed E-state index contributed by atoms with van der Waals surface area (Å²) in [5.74, 6) is -2.65. The van der Waals surface area contributed by atoms with E-state index >= 15 is 0 Å². The van der Waals surface area contributed by atoms with Gasteiger partial charge in [0.2, 0.25) is 0 Å². The van der Waals surface area contributed by atoms with Gasteiger partial charge in [-0.25, -0.2) is 8.78 Å². The Labute approximate surface area is 83.4 Å². The molecule has 1 N–H and O–H groups in total. The average Bonchev–Trinajstić information content (AvgIpc) is 2.02. The van der Waals surface area contributed by atoms with Crippen molar-refractivity contribution in [3.05, 3.63) is 0 Å². The molecule has 0 saturated carbocycles. The van der Waals surface area contributed by atoms with E-state index in [2.05, 4.69) is 5.32 Å². The molecule has 1 rings (SSSR count). The maximum Gasteiger partial charge on any atom is 0.272 e. The van der Waals surface area contributed by atoms with Crippen molar-refractivity contribution in [3.8, 4) is 0 Å². The zero-order chi connectivity index (χ0) is 10.6. The first-order chi connectivity index (χ1) is 6.53. The van der Waals surface area contributed by atoms with E-state index in [9.17, 15) is 8.78 Å². The minimum absolute atomic E-state index is 0.0640. The largest absolute Gasteiger partial charge is 0.376 e. The van der Waals surface area contributed by atoms with Crippen LogP contribution < -0.4 is 5.32 Å². The van der Waals surface area contributed by atoms with Crippen molar-refractivity contribution in [2.24, 2.45) is 0 Å². The molecule has 1 unspecified atom stereocenters. The van der Waals surface area contributed by atoms with E-state index in [1.165, 1.54) is 7.05 Å². The van der Waals surface area contributed by atoms with E-state index in [4.69, 9.17) is 4.74 Å². The van der Waals surface area contributed by atoms with Gasteiger partial charge in [0.15, 0.2) is 0 Å². The number of ether oxygens (including phenoxy) is 1. The number of morpholine rings is 1. The fourth-order valence-electron chi connectivity index (χ4n) is 1.68. The Hall–Kier alpha value is -0.260. The molecule has 1 atom stereocenters. The lowest BCUT2D eigenvalue weighted by Gasteiger charge is -2.33. The number of nitrogens with one attached hydrogen (secondary N) is 1. The van der Waals surface area contributed by atoms with Crippen molar-refractivity contribution in [1.82, 2.24) is 10.2 Å². The fraction of sp³-hybridized carbons (Fsp3) is 1.00. The van der Waals surface area contributed by atoms with E-state index < -0.39 is 5.92 Å². The zero-order valence-electron chi connectivity index (χ0n) is 8.72. The second-order valence-electron chi connectivity index (χ2n) is 3.80. The number of nitrogens with zero attached hydrogens (tertiary/aromatic N) is 1. The topological polar surface area (TPSA) is 24.5 Å². The van der Waals surface area contributed by atoms with Crippen LogP contribution in [0.1, 0.15) is 6.92 Å². The molecule has 0 spiro atoms. The Morgan fingerprint density at radius 3 is 2.86 bits per heavy atom. The molecule has 0 bridgehead atoms. The highest BCUT2D eigenvalue weighted by molar-refractivity contribution is 4.77. The van der Waals surface area contributed by atoms with Gasteiger partial charge >= 0.3 is 0 Å². The van der Waals surface area contributed by atoms with Crippen LogP contribution in [-0.2, 0) is 4.74 Å². The molecule has 0 radical (unpaired) electrons. The van der Waals surface area contributed by atoms with Crippen molar-refractivity contribution in [2.45, 2.75) is 19.0 Å². The molecule has 84 valence electrons. The standard InChI is InChI=1S/C9H18F2N2O/c1-8-5-13(3-4-14-8)7-9(10,11)6-12-2/h8,12H,3-7H2,1-2H3. The molecule has 3 nitrogen and oxygen atoms in total. The van der Waals surface area contributed by atoms with Crippen LogP contribution in [-0.4, -0.2) is 56.8 Å². The van der Waals surface area contributed by atoms with Crippen molar-refractivity contribution in [1.29, 1.82) is 0 Å². The minimum Gasteiger partial charge on any atom is -0.376 e. The van der Waals surface area contributed by atoms with E-state index in [1.54, 1.807) is 4.90 Å². The van der Waals surface area contributed by atoms with Crippen molar-refractivity contribution < 1.29 is 13.5 Å². The van der Waals surface area contributed by atoms with Gasteiger partial charge in [-0.1, -0.05) is 0 Å². The number of halogens is 2. The van der Waals surface area contributed by atoms with E-state index in [1.807, 2.05) is 6.92 Å². The Balaban J connectivity index is 2.34. The molecule has 0 aromatic rings. The van der Waals surface area contributed by atoms with Gasteiger partial charge in [0.1, 0.15) is 0 Å². The maximum atomic E-state index is 13.2. The van der Waals surface area contributed by atoms with Crippen LogP contribution >= 0.6 is 0 Å². The monoisotopic (exact) mass is 208 g/mol. The first kappa shape index (κ1) is 11.8. The lowest BCUT2D eigenvalue weighted by atomic mass is 10.2. The van der Waals surface area contributed by atoms with Gasteiger partial charge < -0.3 is 10.1 Å². The van der Waals surface area contributed by atoms with Gasteiger partial charge in [-0.2, -0.15) is 0 Å². The molecular formula is C9H18F2N2O. The average molecular weight is 208 g/mol.